The van der Waals surface area contributed by atoms with E-state index in [1.807, 2.05) is 29.0 Å². The largest absolute Gasteiger partial charge is 0.328 e. The van der Waals surface area contributed by atoms with Crippen molar-refractivity contribution in [1.29, 1.82) is 0 Å². The highest BCUT2D eigenvalue weighted by Gasteiger charge is 2.15. The lowest BCUT2D eigenvalue weighted by Crippen LogP contribution is -2.33. The Labute approximate surface area is 118 Å². The van der Waals surface area contributed by atoms with Crippen molar-refractivity contribution in [3.05, 3.63) is 36.8 Å². The summed E-state index contributed by atoms with van der Waals surface area (Å²) in [5.74, 6) is 0.731. The summed E-state index contributed by atoms with van der Waals surface area (Å²) in [4.78, 5) is 8.50. The Morgan fingerprint density at radius 2 is 2.05 bits per heavy atom. The topological polar surface area (TPSA) is 76.9 Å². The Hall–Kier alpha value is -1.73. The van der Waals surface area contributed by atoms with Gasteiger partial charge in [-0.2, -0.15) is 0 Å². The summed E-state index contributed by atoms with van der Waals surface area (Å²) in [6, 6.07) is 5.60. The average molecular weight is 294 g/mol. The van der Waals surface area contributed by atoms with Gasteiger partial charge in [0.25, 0.3) is 0 Å². The zero-order valence-corrected chi connectivity index (χ0v) is 12.3. The van der Waals surface area contributed by atoms with Crippen LogP contribution < -0.4 is 4.72 Å². The molecule has 20 heavy (non-hydrogen) atoms. The molecule has 1 N–H and O–H groups in total. The van der Waals surface area contributed by atoms with Gasteiger partial charge in [-0.1, -0.05) is 6.07 Å². The van der Waals surface area contributed by atoms with Crippen molar-refractivity contribution in [3.8, 4) is 11.5 Å². The molecule has 0 fully saturated rings. The number of sulfonamides is 1. The van der Waals surface area contributed by atoms with Crippen molar-refractivity contribution in [1.82, 2.24) is 19.3 Å². The van der Waals surface area contributed by atoms with Crippen LogP contribution in [0.15, 0.2) is 36.8 Å². The van der Waals surface area contributed by atoms with E-state index in [2.05, 4.69) is 14.7 Å². The van der Waals surface area contributed by atoms with Gasteiger partial charge in [-0.3, -0.25) is 4.98 Å². The van der Waals surface area contributed by atoms with Gasteiger partial charge in [0.05, 0.1) is 5.25 Å². The summed E-state index contributed by atoms with van der Waals surface area (Å²) in [5.41, 5.74) is 0.768. The minimum absolute atomic E-state index is 0.330. The second kappa shape index (κ2) is 6.15. The molecule has 2 aromatic heterocycles. The molecule has 0 aliphatic rings. The molecule has 0 aromatic carbocycles. The molecule has 0 aliphatic carbocycles. The van der Waals surface area contributed by atoms with Crippen molar-refractivity contribution >= 4 is 10.0 Å². The molecule has 0 atom stereocenters. The van der Waals surface area contributed by atoms with Crippen molar-refractivity contribution in [3.63, 3.8) is 0 Å². The molecule has 108 valence electrons. The van der Waals surface area contributed by atoms with Crippen LogP contribution in [-0.4, -0.2) is 34.7 Å². The monoisotopic (exact) mass is 294 g/mol. The van der Waals surface area contributed by atoms with Crippen LogP contribution in [0.1, 0.15) is 13.8 Å². The highest BCUT2D eigenvalue weighted by Crippen LogP contribution is 2.13. The molecule has 0 saturated heterocycles. The van der Waals surface area contributed by atoms with E-state index in [4.69, 9.17) is 0 Å². The molecule has 0 saturated carbocycles. The lowest BCUT2D eigenvalue weighted by Gasteiger charge is -2.11. The number of rotatable bonds is 6. The molecule has 0 aliphatic heterocycles. The van der Waals surface area contributed by atoms with Crippen LogP contribution >= 0.6 is 0 Å². The van der Waals surface area contributed by atoms with E-state index in [-0.39, 0.29) is 0 Å². The maximum atomic E-state index is 11.7. The van der Waals surface area contributed by atoms with Gasteiger partial charge in [-0.05, 0) is 26.0 Å². The van der Waals surface area contributed by atoms with Crippen LogP contribution in [0.4, 0.5) is 0 Å². The van der Waals surface area contributed by atoms with E-state index in [1.54, 1.807) is 26.2 Å². The first-order valence-electron chi connectivity index (χ1n) is 6.42. The first kappa shape index (κ1) is 14.7. The molecule has 6 nitrogen and oxygen atoms in total. The third-order valence-corrected chi connectivity index (χ3v) is 4.73. The maximum absolute atomic E-state index is 11.7. The minimum atomic E-state index is -3.23. The van der Waals surface area contributed by atoms with Gasteiger partial charge in [0, 0.05) is 31.7 Å². The number of aromatic nitrogens is 3. The number of hydrogen-bond donors (Lipinski definition) is 1. The molecule has 2 rings (SSSR count). The molecule has 0 amide bonds. The summed E-state index contributed by atoms with van der Waals surface area (Å²) < 4.78 is 27.8. The Morgan fingerprint density at radius 1 is 1.25 bits per heavy atom. The molecule has 0 spiro atoms. The van der Waals surface area contributed by atoms with Crippen molar-refractivity contribution in [2.75, 3.05) is 6.54 Å². The Bertz CT molecular complexity index is 650. The molecule has 2 aromatic rings. The summed E-state index contributed by atoms with van der Waals surface area (Å²) in [6.07, 6.45) is 5.20. The van der Waals surface area contributed by atoms with E-state index in [9.17, 15) is 8.42 Å². The van der Waals surface area contributed by atoms with Crippen molar-refractivity contribution in [2.45, 2.75) is 25.6 Å². The van der Waals surface area contributed by atoms with E-state index in [1.165, 1.54) is 0 Å². The lowest BCUT2D eigenvalue weighted by atomic mass is 10.3. The molecular formula is C13H18N4O2S. The van der Waals surface area contributed by atoms with Gasteiger partial charge in [0.1, 0.15) is 5.69 Å². The fourth-order valence-corrected chi connectivity index (χ4v) is 2.40. The smallest absolute Gasteiger partial charge is 0.213 e. The van der Waals surface area contributed by atoms with E-state index in [0.717, 1.165) is 11.5 Å². The predicted molar refractivity (Wildman–Crippen MR) is 77.5 cm³/mol. The van der Waals surface area contributed by atoms with Gasteiger partial charge in [-0.25, -0.2) is 18.1 Å². The maximum Gasteiger partial charge on any atom is 0.213 e. The zero-order chi connectivity index (χ0) is 14.6. The minimum Gasteiger partial charge on any atom is -0.328 e. The van der Waals surface area contributed by atoms with Crippen LogP contribution in [0.25, 0.3) is 11.5 Å². The second-order valence-corrected chi connectivity index (χ2v) is 6.97. The lowest BCUT2D eigenvalue weighted by molar-refractivity contribution is 0.564. The van der Waals surface area contributed by atoms with E-state index in [0.29, 0.717) is 13.1 Å². The Kier molecular flexibility index (Phi) is 4.51. The average Bonchev–Trinajstić information content (AvgIpc) is 2.88. The molecular weight excluding hydrogens is 276 g/mol. The van der Waals surface area contributed by atoms with Gasteiger partial charge < -0.3 is 4.57 Å². The summed E-state index contributed by atoms with van der Waals surface area (Å²) in [5, 5.41) is -0.430. The van der Waals surface area contributed by atoms with E-state index < -0.39 is 15.3 Å². The third-order valence-electron chi connectivity index (χ3n) is 2.89. The van der Waals surface area contributed by atoms with Gasteiger partial charge in [0.2, 0.25) is 10.0 Å². The number of nitrogens with zero attached hydrogens (tertiary/aromatic N) is 3. The number of hydrogen-bond acceptors (Lipinski definition) is 4. The molecule has 2 heterocycles. The Morgan fingerprint density at radius 3 is 2.70 bits per heavy atom. The first-order valence-corrected chi connectivity index (χ1v) is 7.96. The van der Waals surface area contributed by atoms with Crippen LogP contribution in [0.2, 0.25) is 0 Å². The van der Waals surface area contributed by atoms with Crippen molar-refractivity contribution in [2.24, 2.45) is 0 Å². The standard InChI is InChI=1S/C13H18N4O2S/c1-11(2)20(18,19)16-8-10-17-9-7-15-13(17)12-5-3-4-6-14-12/h3-7,9,11,16H,8,10H2,1-2H3. The van der Waals surface area contributed by atoms with Gasteiger partial charge in [-0.15, -0.1) is 0 Å². The predicted octanol–water partition coefficient (Wildman–Crippen LogP) is 1.27. The van der Waals surface area contributed by atoms with Crippen LogP contribution in [0, 0.1) is 0 Å². The Balaban J connectivity index is 2.04. The quantitative estimate of drug-likeness (QED) is 0.870. The molecule has 7 heteroatoms. The third kappa shape index (κ3) is 3.43. The summed E-state index contributed by atoms with van der Waals surface area (Å²) in [7, 11) is -3.23. The fraction of sp³-hybridized carbons (Fsp3) is 0.385. The number of nitrogens with one attached hydrogen (secondary N) is 1. The van der Waals surface area contributed by atoms with Gasteiger partial charge in [0.15, 0.2) is 5.82 Å². The number of imidazole rings is 1. The van der Waals surface area contributed by atoms with Crippen molar-refractivity contribution < 1.29 is 8.42 Å². The van der Waals surface area contributed by atoms with Crippen LogP contribution in [0.3, 0.4) is 0 Å². The highest BCUT2D eigenvalue weighted by atomic mass is 32.2. The van der Waals surface area contributed by atoms with Crippen LogP contribution in [-0.2, 0) is 16.6 Å². The summed E-state index contributed by atoms with van der Waals surface area (Å²) >= 11 is 0. The SMILES string of the molecule is CC(C)S(=O)(=O)NCCn1ccnc1-c1ccccn1. The van der Waals surface area contributed by atoms with Gasteiger partial charge >= 0.3 is 0 Å². The molecule has 0 unspecified atom stereocenters. The normalized spacial score (nSPS) is 11.9. The number of pyridine rings is 1. The molecule has 0 radical (unpaired) electrons. The zero-order valence-electron chi connectivity index (χ0n) is 11.5. The molecule has 0 bridgehead atoms. The van der Waals surface area contributed by atoms with E-state index >= 15 is 0 Å². The highest BCUT2D eigenvalue weighted by molar-refractivity contribution is 7.90. The summed E-state index contributed by atoms with van der Waals surface area (Å²) in [6.45, 7) is 4.15. The first-order chi connectivity index (χ1) is 9.50. The van der Waals surface area contributed by atoms with Crippen LogP contribution in [0.5, 0.6) is 0 Å². The second-order valence-electron chi connectivity index (χ2n) is 4.65. The fourth-order valence-electron chi connectivity index (χ4n) is 1.69.